The molecule has 1 saturated heterocycles. The Morgan fingerprint density at radius 2 is 2.28 bits per heavy atom. The summed E-state index contributed by atoms with van der Waals surface area (Å²) in [6, 6.07) is 1.53. The summed E-state index contributed by atoms with van der Waals surface area (Å²) in [5.41, 5.74) is 0.646. The van der Waals surface area contributed by atoms with E-state index in [-0.39, 0.29) is 10.8 Å². The molecule has 2 rings (SSSR count). The van der Waals surface area contributed by atoms with Crippen molar-refractivity contribution in [1.29, 1.82) is 0 Å². The Bertz CT molecular complexity index is 477. The molecule has 1 fully saturated rings. The minimum absolute atomic E-state index is 0.121. The van der Waals surface area contributed by atoms with Crippen LogP contribution in [-0.4, -0.2) is 31.1 Å². The molecule has 1 unspecified atom stereocenters. The minimum Gasteiger partial charge on any atom is -0.392 e. The molecule has 0 amide bonds. The molecule has 2 N–H and O–H groups in total. The van der Waals surface area contributed by atoms with Crippen LogP contribution in [0.25, 0.3) is 0 Å². The second kappa shape index (κ2) is 6.38. The Balaban J connectivity index is 1.94. The smallest absolute Gasteiger partial charge is 0.250 e. The molecule has 0 aliphatic carbocycles. The van der Waals surface area contributed by atoms with Gasteiger partial charge in [0.05, 0.1) is 6.61 Å². The summed E-state index contributed by atoms with van der Waals surface area (Å²) in [6.45, 7) is 0.379. The van der Waals surface area contributed by atoms with Gasteiger partial charge in [0, 0.05) is 11.8 Å². The summed E-state index contributed by atoms with van der Waals surface area (Å²) < 4.78 is 27.0. The summed E-state index contributed by atoms with van der Waals surface area (Å²) in [7, 11) is -3.40. The maximum Gasteiger partial charge on any atom is 0.250 e. The van der Waals surface area contributed by atoms with Gasteiger partial charge in [-0.2, -0.15) is 11.8 Å². The van der Waals surface area contributed by atoms with Crippen LogP contribution in [0.2, 0.25) is 0 Å². The van der Waals surface area contributed by atoms with E-state index >= 15 is 0 Å². The normalized spacial score (nSPS) is 21.1. The van der Waals surface area contributed by atoms with Gasteiger partial charge in [0.1, 0.15) is 4.21 Å². The third-order valence-corrected chi connectivity index (χ3v) is 7.16. The van der Waals surface area contributed by atoms with Crippen LogP contribution in [0.3, 0.4) is 0 Å². The second-order valence-electron chi connectivity index (χ2n) is 4.27. The van der Waals surface area contributed by atoms with E-state index in [4.69, 9.17) is 5.11 Å². The van der Waals surface area contributed by atoms with Gasteiger partial charge in [-0.15, -0.1) is 11.3 Å². The molecule has 18 heavy (non-hydrogen) atoms. The van der Waals surface area contributed by atoms with Crippen LogP contribution < -0.4 is 4.72 Å². The van der Waals surface area contributed by atoms with Crippen molar-refractivity contribution in [3.63, 3.8) is 0 Å². The lowest BCUT2D eigenvalue weighted by Crippen LogP contribution is -2.31. The molecule has 0 aromatic carbocycles. The van der Waals surface area contributed by atoms with Gasteiger partial charge in [-0.05, 0) is 35.6 Å². The van der Waals surface area contributed by atoms with E-state index in [1.54, 1.807) is 5.38 Å². The lowest BCUT2D eigenvalue weighted by molar-refractivity contribution is 0.282. The molecule has 4 nitrogen and oxygen atoms in total. The largest absolute Gasteiger partial charge is 0.392 e. The van der Waals surface area contributed by atoms with E-state index in [0.717, 1.165) is 23.5 Å². The molecular weight excluding hydrogens is 290 g/mol. The van der Waals surface area contributed by atoms with Crippen molar-refractivity contribution in [3.05, 3.63) is 17.0 Å². The summed E-state index contributed by atoms with van der Waals surface area (Å²) in [4.78, 5) is 0. The molecule has 1 atom stereocenters. The average molecular weight is 307 g/mol. The van der Waals surface area contributed by atoms with E-state index in [2.05, 4.69) is 4.72 Å². The van der Waals surface area contributed by atoms with E-state index in [0.29, 0.717) is 17.4 Å². The zero-order valence-electron chi connectivity index (χ0n) is 9.96. The lowest BCUT2D eigenvalue weighted by Gasteiger charge is -2.21. The van der Waals surface area contributed by atoms with Crippen LogP contribution in [0, 0.1) is 0 Å². The van der Waals surface area contributed by atoms with Gasteiger partial charge in [-0.25, -0.2) is 13.1 Å². The first-order valence-electron chi connectivity index (χ1n) is 5.91. The summed E-state index contributed by atoms with van der Waals surface area (Å²) in [6.07, 6.45) is 3.51. The van der Waals surface area contributed by atoms with Crippen LogP contribution in [0.15, 0.2) is 15.7 Å². The Hall–Kier alpha value is -0.0800. The zero-order valence-corrected chi connectivity index (χ0v) is 12.4. The Morgan fingerprint density at radius 1 is 1.44 bits per heavy atom. The monoisotopic (exact) mass is 307 g/mol. The van der Waals surface area contributed by atoms with E-state index in [9.17, 15) is 8.42 Å². The number of nitrogens with one attached hydrogen (secondary N) is 1. The molecule has 7 heteroatoms. The third-order valence-electron chi connectivity index (χ3n) is 2.85. The van der Waals surface area contributed by atoms with Gasteiger partial charge < -0.3 is 5.11 Å². The van der Waals surface area contributed by atoms with Crippen molar-refractivity contribution in [2.75, 3.05) is 12.3 Å². The Morgan fingerprint density at radius 3 is 2.89 bits per heavy atom. The predicted octanol–water partition coefficient (Wildman–Crippen LogP) is 1.80. The molecule has 0 bridgehead atoms. The van der Waals surface area contributed by atoms with Crippen molar-refractivity contribution < 1.29 is 13.5 Å². The van der Waals surface area contributed by atoms with E-state index in [1.165, 1.54) is 18.9 Å². The molecule has 0 saturated carbocycles. The summed E-state index contributed by atoms with van der Waals surface area (Å²) in [5, 5.41) is 11.0. The highest BCUT2D eigenvalue weighted by Crippen LogP contribution is 2.25. The Kier molecular flexibility index (Phi) is 5.08. The van der Waals surface area contributed by atoms with Crippen molar-refractivity contribution in [3.8, 4) is 0 Å². The number of aliphatic hydroxyl groups excluding tert-OH is 1. The maximum atomic E-state index is 12.0. The SMILES string of the molecule is O=S(=O)(NCC1CCCCS1)c1cc(CO)cs1. The molecule has 1 aromatic heterocycles. The van der Waals surface area contributed by atoms with Gasteiger partial charge >= 0.3 is 0 Å². The van der Waals surface area contributed by atoms with Crippen LogP contribution >= 0.6 is 23.1 Å². The van der Waals surface area contributed by atoms with Gasteiger partial charge in [0.25, 0.3) is 0 Å². The first-order chi connectivity index (χ1) is 8.62. The number of rotatable bonds is 5. The molecule has 0 spiro atoms. The Labute approximate surface area is 116 Å². The zero-order chi connectivity index (χ0) is 13.0. The van der Waals surface area contributed by atoms with Crippen molar-refractivity contribution >= 4 is 33.1 Å². The van der Waals surface area contributed by atoms with Crippen molar-refractivity contribution in [2.24, 2.45) is 0 Å². The lowest BCUT2D eigenvalue weighted by atomic mass is 10.2. The highest BCUT2D eigenvalue weighted by molar-refractivity contribution is 8.00. The summed E-state index contributed by atoms with van der Waals surface area (Å²) in [5.74, 6) is 1.13. The number of thiophene rings is 1. The highest BCUT2D eigenvalue weighted by atomic mass is 32.2. The molecule has 1 aromatic rings. The molecule has 2 heterocycles. The van der Waals surface area contributed by atoms with Crippen LogP contribution in [0.5, 0.6) is 0 Å². The standard InChI is InChI=1S/C11H17NO3S3/c13-7-9-5-11(17-8-9)18(14,15)12-6-10-3-1-2-4-16-10/h5,8,10,12-13H,1-4,6-7H2. The van der Waals surface area contributed by atoms with E-state index < -0.39 is 10.0 Å². The fourth-order valence-electron chi connectivity index (χ4n) is 1.82. The van der Waals surface area contributed by atoms with Gasteiger partial charge in [-0.1, -0.05) is 6.42 Å². The topological polar surface area (TPSA) is 66.4 Å². The number of thioether (sulfide) groups is 1. The first-order valence-corrected chi connectivity index (χ1v) is 9.32. The molecule has 102 valence electrons. The number of sulfonamides is 1. The fourth-order valence-corrected chi connectivity index (χ4v) is 5.49. The quantitative estimate of drug-likeness (QED) is 0.870. The van der Waals surface area contributed by atoms with Gasteiger partial charge in [0.15, 0.2) is 0 Å². The number of hydrogen-bond acceptors (Lipinski definition) is 5. The van der Waals surface area contributed by atoms with Crippen molar-refractivity contribution in [1.82, 2.24) is 4.72 Å². The minimum atomic E-state index is -3.40. The summed E-state index contributed by atoms with van der Waals surface area (Å²) >= 11 is 3.00. The van der Waals surface area contributed by atoms with Gasteiger partial charge in [0.2, 0.25) is 10.0 Å². The fraction of sp³-hybridized carbons (Fsp3) is 0.636. The molecule has 1 aliphatic rings. The molecule has 0 radical (unpaired) electrons. The second-order valence-corrected chi connectivity index (χ2v) is 8.59. The van der Waals surface area contributed by atoms with Crippen LogP contribution in [-0.2, 0) is 16.6 Å². The van der Waals surface area contributed by atoms with Gasteiger partial charge in [-0.3, -0.25) is 0 Å². The predicted molar refractivity (Wildman–Crippen MR) is 75.5 cm³/mol. The maximum absolute atomic E-state index is 12.0. The van der Waals surface area contributed by atoms with Crippen LogP contribution in [0.4, 0.5) is 0 Å². The average Bonchev–Trinajstić information content (AvgIpc) is 2.87. The highest BCUT2D eigenvalue weighted by Gasteiger charge is 2.20. The number of hydrogen-bond donors (Lipinski definition) is 2. The third kappa shape index (κ3) is 3.71. The first kappa shape index (κ1) is 14.3. The van der Waals surface area contributed by atoms with Crippen molar-refractivity contribution in [2.45, 2.75) is 35.3 Å². The molecular formula is C11H17NO3S3. The number of aliphatic hydroxyl groups is 1. The molecule has 1 aliphatic heterocycles. The van der Waals surface area contributed by atoms with E-state index in [1.807, 2.05) is 11.8 Å². The van der Waals surface area contributed by atoms with Crippen LogP contribution in [0.1, 0.15) is 24.8 Å².